The third-order valence-electron chi connectivity index (χ3n) is 1.55. The molecule has 1 aromatic carbocycles. The van der Waals surface area contributed by atoms with Crippen LogP contribution in [0, 0.1) is 0 Å². The van der Waals surface area contributed by atoms with Crippen LogP contribution < -0.4 is 5.19 Å². The minimum absolute atomic E-state index is 1.06. The maximum atomic E-state index is 9.70. The van der Waals surface area contributed by atoms with E-state index in [1.165, 1.54) is 0 Å². The van der Waals surface area contributed by atoms with Gasteiger partial charge in [0.15, 0.2) is 0 Å². The van der Waals surface area contributed by atoms with Crippen molar-refractivity contribution in [2.75, 3.05) is 0 Å². The first-order valence-corrected chi connectivity index (χ1v) is 7.22. The molecule has 1 rings (SSSR count). The van der Waals surface area contributed by atoms with E-state index in [4.69, 9.17) is 0 Å². The molecular weight excluding hydrogens is 220 g/mol. The molecule has 1 N–H and O–H groups in total. The second kappa shape index (κ2) is 3.09. The highest BCUT2D eigenvalue weighted by Crippen LogP contribution is 2.07. The molecule has 0 bridgehead atoms. The SMILES string of the molecule is C[Si](C)(O)c1ccc(Br)cc1. The molecule has 0 aliphatic rings. The molecule has 11 heavy (non-hydrogen) atoms. The van der Waals surface area contributed by atoms with Crippen LogP contribution in [0.4, 0.5) is 0 Å². The monoisotopic (exact) mass is 230 g/mol. The summed E-state index contributed by atoms with van der Waals surface area (Å²) < 4.78 is 1.06. The third-order valence-corrected chi connectivity index (χ3v) is 3.83. The summed E-state index contributed by atoms with van der Waals surface area (Å²) in [6, 6.07) is 7.85. The molecular formula is C8H11BrOSi. The Morgan fingerprint density at radius 3 is 2.00 bits per heavy atom. The Labute approximate surface area is 76.3 Å². The zero-order valence-corrected chi connectivity index (χ0v) is 9.22. The van der Waals surface area contributed by atoms with Gasteiger partial charge in [-0.2, -0.15) is 0 Å². The molecule has 0 saturated carbocycles. The Hall–Kier alpha value is -0.123. The summed E-state index contributed by atoms with van der Waals surface area (Å²) in [7, 11) is -2.08. The lowest BCUT2D eigenvalue weighted by molar-refractivity contribution is 0.568. The predicted molar refractivity (Wildman–Crippen MR) is 53.5 cm³/mol. The van der Waals surface area contributed by atoms with E-state index in [-0.39, 0.29) is 0 Å². The highest BCUT2D eigenvalue weighted by molar-refractivity contribution is 9.10. The fourth-order valence-electron chi connectivity index (χ4n) is 0.858. The van der Waals surface area contributed by atoms with Crippen molar-refractivity contribution in [1.29, 1.82) is 0 Å². The first-order chi connectivity index (χ1) is 5.00. The largest absolute Gasteiger partial charge is 0.428 e. The summed E-state index contributed by atoms with van der Waals surface area (Å²) >= 11 is 3.35. The Morgan fingerprint density at radius 2 is 1.64 bits per heavy atom. The number of rotatable bonds is 1. The van der Waals surface area contributed by atoms with Crippen LogP contribution in [-0.4, -0.2) is 13.1 Å². The lowest BCUT2D eigenvalue weighted by Crippen LogP contribution is -2.41. The van der Waals surface area contributed by atoms with Crippen LogP contribution >= 0.6 is 15.9 Å². The van der Waals surface area contributed by atoms with Crippen LogP contribution in [-0.2, 0) is 0 Å². The van der Waals surface area contributed by atoms with Crippen molar-refractivity contribution < 1.29 is 4.80 Å². The van der Waals surface area contributed by atoms with Crippen molar-refractivity contribution in [3.63, 3.8) is 0 Å². The summed E-state index contributed by atoms with van der Waals surface area (Å²) in [4.78, 5) is 9.70. The molecule has 60 valence electrons. The van der Waals surface area contributed by atoms with E-state index >= 15 is 0 Å². The molecule has 1 aromatic rings. The van der Waals surface area contributed by atoms with Gasteiger partial charge in [-0.1, -0.05) is 28.1 Å². The van der Waals surface area contributed by atoms with Crippen molar-refractivity contribution in [3.05, 3.63) is 28.7 Å². The van der Waals surface area contributed by atoms with Crippen LogP contribution in [0.1, 0.15) is 0 Å². The predicted octanol–water partition coefficient (Wildman–Crippen LogP) is 1.85. The molecule has 0 atom stereocenters. The van der Waals surface area contributed by atoms with Crippen LogP contribution in [0.5, 0.6) is 0 Å². The summed E-state index contributed by atoms with van der Waals surface area (Å²) in [5.41, 5.74) is 0. The molecule has 0 radical (unpaired) electrons. The quantitative estimate of drug-likeness (QED) is 0.731. The maximum Gasteiger partial charge on any atom is 0.213 e. The second-order valence-electron chi connectivity index (χ2n) is 3.07. The number of hydrogen-bond acceptors (Lipinski definition) is 1. The molecule has 0 amide bonds. The van der Waals surface area contributed by atoms with Crippen LogP contribution in [0.15, 0.2) is 28.7 Å². The van der Waals surface area contributed by atoms with Gasteiger partial charge in [0.25, 0.3) is 0 Å². The number of hydrogen-bond donors (Lipinski definition) is 1. The van der Waals surface area contributed by atoms with E-state index < -0.39 is 8.32 Å². The fraction of sp³-hybridized carbons (Fsp3) is 0.250. The van der Waals surface area contributed by atoms with E-state index in [0.717, 1.165) is 9.66 Å². The van der Waals surface area contributed by atoms with Gasteiger partial charge in [0, 0.05) is 4.47 Å². The van der Waals surface area contributed by atoms with Crippen molar-refractivity contribution in [3.8, 4) is 0 Å². The van der Waals surface area contributed by atoms with Gasteiger partial charge in [0.2, 0.25) is 8.32 Å². The van der Waals surface area contributed by atoms with Gasteiger partial charge in [-0.3, -0.25) is 0 Å². The molecule has 3 heteroatoms. The summed E-state index contributed by atoms with van der Waals surface area (Å²) in [6.45, 7) is 3.83. The summed E-state index contributed by atoms with van der Waals surface area (Å²) in [6.07, 6.45) is 0. The molecule has 0 aliphatic heterocycles. The summed E-state index contributed by atoms with van der Waals surface area (Å²) in [5, 5.41) is 1.07. The standard InChI is InChI=1S/C8H11BrOSi/c1-11(2,10)8-5-3-7(9)4-6-8/h3-6,10H,1-2H3. The Bertz CT molecular complexity index is 237. The highest BCUT2D eigenvalue weighted by Gasteiger charge is 2.18. The second-order valence-corrected chi connectivity index (χ2v) is 7.68. The lowest BCUT2D eigenvalue weighted by Gasteiger charge is -2.13. The Kier molecular flexibility index (Phi) is 2.52. The van der Waals surface area contributed by atoms with E-state index in [1.54, 1.807) is 0 Å². The van der Waals surface area contributed by atoms with Gasteiger partial charge in [0.1, 0.15) is 0 Å². The average Bonchev–Trinajstić information content (AvgIpc) is 1.86. The molecule has 0 saturated heterocycles. The van der Waals surface area contributed by atoms with Gasteiger partial charge in [0.05, 0.1) is 0 Å². The smallest absolute Gasteiger partial charge is 0.213 e. The van der Waals surface area contributed by atoms with Gasteiger partial charge in [-0.25, -0.2) is 0 Å². The highest BCUT2D eigenvalue weighted by atomic mass is 79.9. The van der Waals surface area contributed by atoms with Gasteiger partial charge >= 0.3 is 0 Å². The van der Waals surface area contributed by atoms with Crippen LogP contribution in [0.25, 0.3) is 0 Å². The van der Waals surface area contributed by atoms with Crippen molar-refractivity contribution >= 4 is 29.4 Å². The normalized spacial score (nSPS) is 11.6. The van der Waals surface area contributed by atoms with Crippen molar-refractivity contribution in [2.45, 2.75) is 13.1 Å². The lowest BCUT2D eigenvalue weighted by atomic mass is 10.4. The van der Waals surface area contributed by atoms with E-state index in [1.807, 2.05) is 37.4 Å². The van der Waals surface area contributed by atoms with E-state index in [9.17, 15) is 4.80 Å². The molecule has 0 aliphatic carbocycles. The van der Waals surface area contributed by atoms with Gasteiger partial charge in [-0.15, -0.1) is 0 Å². The molecule has 0 aromatic heterocycles. The first-order valence-electron chi connectivity index (χ1n) is 3.48. The average molecular weight is 231 g/mol. The van der Waals surface area contributed by atoms with Gasteiger partial charge in [-0.05, 0) is 30.4 Å². The molecule has 1 nitrogen and oxygen atoms in total. The molecule has 0 heterocycles. The molecule has 0 fully saturated rings. The van der Waals surface area contributed by atoms with Crippen LogP contribution in [0.3, 0.4) is 0 Å². The maximum absolute atomic E-state index is 9.70. The summed E-state index contributed by atoms with van der Waals surface area (Å²) in [5.74, 6) is 0. The number of halogens is 1. The third kappa shape index (κ3) is 2.43. The Balaban J connectivity index is 2.99. The first kappa shape index (κ1) is 8.97. The van der Waals surface area contributed by atoms with Crippen LogP contribution in [0.2, 0.25) is 13.1 Å². The topological polar surface area (TPSA) is 20.2 Å². The minimum atomic E-state index is -2.08. The van der Waals surface area contributed by atoms with Gasteiger partial charge < -0.3 is 4.80 Å². The van der Waals surface area contributed by atoms with E-state index in [2.05, 4.69) is 15.9 Å². The molecule has 0 spiro atoms. The minimum Gasteiger partial charge on any atom is -0.428 e. The van der Waals surface area contributed by atoms with E-state index in [0.29, 0.717) is 0 Å². The number of benzene rings is 1. The Morgan fingerprint density at radius 1 is 1.18 bits per heavy atom. The van der Waals surface area contributed by atoms with Crippen molar-refractivity contribution in [1.82, 2.24) is 0 Å². The van der Waals surface area contributed by atoms with Crippen molar-refractivity contribution in [2.24, 2.45) is 0 Å². The fourth-order valence-corrected chi connectivity index (χ4v) is 2.10. The zero-order chi connectivity index (χ0) is 8.48. The molecule has 0 unspecified atom stereocenters. The zero-order valence-electron chi connectivity index (χ0n) is 6.63.